The lowest BCUT2D eigenvalue weighted by molar-refractivity contribution is 0.0705. The number of halogens is 1. The van der Waals surface area contributed by atoms with Crippen molar-refractivity contribution in [3.05, 3.63) is 71.6 Å². The van der Waals surface area contributed by atoms with Crippen LogP contribution in [0.15, 0.2) is 48.8 Å². The molecular weight excluding hydrogens is 357 g/mol. The van der Waals surface area contributed by atoms with Gasteiger partial charge in [0.15, 0.2) is 0 Å². The van der Waals surface area contributed by atoms with Crippen molar-refractivity contribution in [1.82, 2.24) is 20.1 Å². The van der Waals surface area contributed by atoms with Crippen LogP contribution < -0.4 is 0 Å². The Morgan fingerprint density at radius 1 is 1.21 bits per heavy atom. The van der Waals surface area contributed by atoms with Gasteiger partial charge in [-0.1, -0.05) is 12.1 Å². The zero-order valence-electron chi connectivity index (χ0n) is 15.1. The predicted octanol–water partition coefficient (Wildman–Crippen LogP) is 3.50. The highest BCUT2D eigenvalue weighted by atomic mass is 19.1. The Kier molecular flexibility index (Phi) is 4.85. The normalized spacial score (nSPS) is 16.6. The maximum atomic E-state index is 13.2. The number of rotatable bonds is 3. The SMILES string of the molecule is N#Cc1ccc(C(=O)N2CCC[C@H](c3[nH]ncc3-c3ccc(F)cc3)C2)cn1. The smallest absolute Gasteiger partial charge is 0.255 e. The van der Waals surface area contributed by atoms with Crippen LogP contribution in [0.3, 0.4) is 0 Å². The van der Waals surface area contributed by atoms with E-state index < -0.39 is 0 Å². The molecule has 1 N–H and O–H groups in total. The number of H-pyrrole nitrogens is 1. The molecule has 7 heteroatoms. The van der Waals surface area contributed by atoms with E-state index in [2.05, 4.69) is 15.2 Å². The first-order chi connectivity index (χ1) is 13.7. The number of carbonyl (C=O) groups excluding carboxylic acids is 1. The number of nitrogens with zero attached hydrogens (tertiary/aromatic N) is 4. The molecule has 1 aliphatic rings. The highest BCUT2D eigenvalue weighted by Crippen LogP contribution is 2.33. The second-order valence-corrected chi connectivity index (χ2v) is 6.84. The summed E-state index contributed by atoms with van der Waals surface area (Å²) in [6, 6.07) is 11.5. The molecule has 1 amide bonds. The van der Waals surface area contributed by atoms with Gasteiger partial charge in [0.1, 0.15) is 17.6 Å². The van der Waals surface area contributed by atoms with Crippen LogP contribution in [-0.4, -0.2) is 39.1 Å². The summed E-state index contributed by atoms with van der Waals surface area (Å²) in [7, 11) is 0. The maximum absolute atomic E-state index is 13.2. The number of nitriles is 1. The molecule has 0 saturated carbocycles. The van der Waals surface area contributed by atoms with Crippen molar-refractivity contribution in [2.45, 2.75) is 18.8 Å². The standard InChI is InChI=1S/C21H18FN5O/c22-17-6-3-14(4-7-17)19-12-25-26-20(19)16-2-1-9-27(13-16)21(28)15-5-8-18(10-23)24-11-15/h3-8,11-12,16H,1-2,9,13H2,(H,25,26)/t16-/m0/s1. The zero-order valence-corrected chi connectivity index (χ0v) is 15.1. The lowest BCUT2D eigenvalue weighted by atomic mass is 9.90. The van der Waals surface area contributed by atoms with Gasteiger partial charge in [-0.25, -0.2) is 9.37 Å². The van der Waals surface area contributed by atoms with Gasteiger partial charge in [0.2, 0.25) is 0 Å². The quantitative estimate of drug-likeness (QED) is 0.759. The van der Waals surface area contributed by atoms with Gasteiger partial charge in [0.05, 0.1) is 11.8 Å². The van der Waals surface area contributed by atoms with Crippen LogP contribution in [0.25, 0.3) is 11.1 Å². The topological polar surface area (TPSA) is 85.7 Å². The number of carbonyl (C=O) groups is 1. The van der Waals surface area contributed by atoms with Crippen LogP contribution >= 0.6 is 0 Å². The van der Waals surface area contributed by atoms with E-state index in [-0.39, 0.29) is 23.3 Å². The van der Waals surface area contributed by atoms with Crippen molar-refractivity contribution in [2.24, 2.45) is 0 Å². The minimum absolute atomic E-state index is 0.0930. The molecule has 0 spiro atoms. The summed E-state index contributed by atoms with van der Waals surface area (Å²) in [4.78, 5) is 18.6. The number of nitrogens with one attached hydrogen (secondary N) is 1. The van der Waals surface area contributed by atoms with E-state index >= 15 is 0 Å². The summed E-state index contributed by atoms with van der Waals surface area (Å²) in [5.41, 5.74) is 3.55. The first-order valence-corrected chi connectivity index (χ1v) is 9.10. The summed E-state index contributed by atoms with van der Waals surface area (Å²) in [5.74, 6) is -0.254. The van der Waals surface area contributed by atoms with Gasteiger partial charge in [-0.05, 0) is 42.7 Å². The van der Waals surface area contributed by atoms with Gasteiger partial charge in [0.25, 0.3) is 5.91 Å². The Morgan fingerprint density at radius 3 is 2.75 bits per heavy atom. The molecule has 1 fully saturated rings. The number of piperidine rings is 1. The zero-order chi connectivity index (χ0) is 19.5. The molecule has 3 aromatic rings. The van der Waals surface area contributed by atoms with Crippen LogP contribution in [0.4, 0.5) is 4.39 Å². The Morgan fingerprint density at radius 2 is 2.04 bits per heavy atom. The third-order valence-electron chi connectivity index (χ3n) is 5.07. The molecule has 3 heterocycles. The number of aromatic amines is 1. The summed E-state index contributed by atoms with van der Waals surface area (Å²) < 4.78 is 13.2. The molecule has 140 valence electrons. The van der Waals surface area contributed by atoms with E-state index in [1.165, 1.54) is 18.3 Å². The average Bonchev–Trinajstić information content (AvgIpc) is 3.24. The second kappa shape index (κ2) is 7.61. The molecule has 1 aliphatic heterocycles. The fourth-order valence-electron chi connectivity index (χ4n) is 3.63. The molecule has 2 aromatic heterocycles. The number of likely N-dealkylation sites (tertiary alicyclic amines) is 1. The summed E-state index contributed by atoms with van der Waals surface area (Å²) in [5, 5.41) is 16.1. The number of amides is 1. The molecule has 1 atom stereocenters. The molecule has 6 nitrogen and oxygen atoms in total. The summed E-state index contributed by atoms with van der Waals surface area (Å²) in [6.07, 6.45) is 5.01. The first-order valence-electron chi connectivity index (χ1n) is 9.10. The Balaban J connectivity index is 1.54. The van der Waals surface area contributed by atoms with Crippen LogP contribution in [-0.2, 0) is 0 Å². The lowest BCUT2D eigenvalue weighted by Gasteiger charge is -2.32. The molecule has 0 aliphatic carbocycles. The fraction of sp³-hybridized carbons (Fsp3) is 0.238. The Hall–Kier alpha value is -3.53. The van der Waals surface area contributed by atoms with Crippen molar-refractivity contribution in [3.63, 3.8) is 0 Å². The van der Waals surface area contributed by atoms with E-state index in [9.17, 15) is 9.18 Å². The highest BCUT2D eigenvalue weighted by molar-refractivity contribution is 5.94. The Bertz CT molecular complexity index is 1020. The predicted molar refractivity (Wildman–Crippen MR) is 101 cm³/mol. The van der Waals surface area contributed by atoms with Gasteiger partial charge < -0.3 is 4.90 Å². The van der Waals surface area contributed by atoms with Crippen molar-refractivity contribution in [3.8, 4) is 17.2 Å². The third kappa shape index (κ3) is 3.49. The van der Waals surface area contributed by atoms with Crippen molar-refractivity contribution in [2.75, 3.05) is 13.1 Å². The second-order valence-electron chi connectivity index (χ2n) is 6.84. The molecule has 1 saturated heterocycles. The summed E-state index contributed by atoms with van der Waals surface area (Å²) in [6.45, 7) is 1.24. The van der Waals surface area contributed by atoms with E-state index in [4.69, 9.17) is 5.26 Å². The lowest BCUT2D eigenvalue weighted by Crippen LogP contribution is -2.39. The molecule has 0 radical (unpaired) electrons. The molecule has 0 bridgehead atoms. The van der Waals surface area contributed by atoms with Crippen LogP contribution in [0, 0.1) is 17.1 Å². The van der Waals surface area contributed by atoms with Crippen LogP contribution in [0.2, 0.25) is 0 Å². The molecule has 1 aromatic carbocycles. The van der Waals surface area contributed by atoms with Crippen molar-refractivity contribution < 1.29 is 9.18 Å². The number of pyridine rings is 1. The monoisotopic (exact) mass is 375 g/mol. The van der Waals surface area contributed by atoms with Crippen LogP contribution in [0.5, 0.6) is 0 Å². The maximum Gasteiger partial charge on any atom is 0.255 e. The average molecular weight is 375 g/mol. The third-order valence-corrected chi connectivity index (χ3v) is 5.07. The number of benzene rings is 1. The van der Waals surface area contributed by atoms with Crippen molar-refractivity contribution in [1.29, 1.82) is 5.26 Å². The van der Waals surface area contributed by atoms with Gasteiger partial charge in [-0.2, -0.15) is 10.4 Å². The van der Waals surface area contributed by atoms with E-state index in [0.29, 0.717) is 18.7 Å². The number of aromatic nitrogens is 3. The minimum atomic E-state index is -0.278. The highest BCUT2D eigenvalue weighted by Gasteiger charge is 2.28. The van der Waals surface area contributed by atoms with Gasteiger partial charge in [-0.15, -0.1) is 0 Å². The Labute approximate surface area is 161 Å². The van der Waals surface area contributed by atoms with E-state index in [1.807, 2.05) is 11.0 Å². The van der Waals surface area contributed by atoms with Gasteiger partial charge >= 0.3 is 0 Å². The van der Waals surface area contributed by atoms with Crippen molar-refractivity contribution >= 4 is 5.91 Å². The molecule has 0 unspecified atom stereocenters. The largest absolute Gasteiger partial charge is 0.338 e. The molecule has 28 heavy (non-hydrogen) atoms. The van der Waals surface area contributed by atoms with E-state index in [1.54, 1.807) is 30.5 Å². The summed E-state index contributed by atoms with van der Waals surface area (Å²) >= 11 is 0. The number of hydrogen-bond acceptors (Lipinski definition) is 4. The molecule has 4 rings (SSSR count). The number of hydrogen-bond donors (Lipinski definition) is 1. The molecular formula is C21H18FN5O. The van der Waals surface area contributed by atoms with E-state index in [0.717, 1.165) is 29.7 Å². The van der Waals surface area contributed by atoms with Gasteiger partial charge in [0, 0.05) is 36.5 Å². The minimum Gasteiger partial charge on any atom is -0.338 e. The van der Waals surface area contributed by atoms with Gasteiger partial charge in [-0.3, -0.25) is 9.89 Å². The fourth-order valence-corrected chi connectivity index (χ4v) is 3.63. The first kappa shape index (κ1) is 17.9. The van der Waals surface area contributed by atoms with Crippen LogP contribution in [0.1, 0.15) is 40.5 Å².